The fourth-order valence-electron chi connectivity index (χ4n) is 1.74. The van der Waals surface area contributed by atoms with Crippen LogP contribution in [0.2, 0.25) is 0 Å². The van der Waals surface area contributed by atoms with Crippen molar-refractivity contribution in [1.29, 1.82) is 0 Å². The van der Waals surface area contributed by atoms with Crippen LogP contribution < -0.4 is 11.1 Å². The summed E-state index contributed by atoms with van der Waals surface area (Å²) in [5.41, 5.74) is 5.68. The van der Waals surface area contributed by atoms with Crippen molar-refractivity contribution in [3.8, 4) is 0 Å². The van der Waals surface area contributed by atoms with Crippen molar-refractivity contribution in [3.63, 3.8) is 0 Å². The Morgan fingerprint density at radius 3 is 2.56 bits per heavy atom. The quantitative estimate of drug-likeness (QED) is 0.715. The highest BCUT2D eigenvalue weighted by Crippen LogP contribution is 2.12. The van der Waals surface area contributed by atoms with Crippen LogP contribution in [-0.4, -0.2) is 37.9 Å². The standard InChI is InChI=1S/C10H20N2O3S/c1-7(2)9(11)10(13)12-8-4-3-5-16(14,15)6-8/h7-9H,3-6,11H2,1-2H3,(H,12,13). The second-order valence-corrected chi connectivity index (χ2v) is 6.96. The first kappa shape index (κ1) is 13.4. The molecule has 0 spiro atoms. The van der Waals surface area contributed by atoms with Gasteiger partial charge in [-0.2, -0.15) is 0 Å². The number of hydrogen-bond acceptors (Lipinski definition) is 4. The number of hydrogen-bond donors (Lipinski definition) is 2. The van der Waals surface area contributed by atoms with Crippen LogP contribution in [0.1, 0.15) is 26.7 Å². The SMILES string of the molecule is CC(C)C(N)C(=O)NC1CCCS(=O)(=O)C1. The Balaban J connectivity index is 2.52. The number of carbonyl (C=O) groups is 1. The van der Waals surface area contributed by atoms with E-state index in [1.807, 2.05) is 13.8 Å². The first-order chi connectivity index (χ1) is 7.32. The number of carbonyl (C=O) groups excluding carboxylic acids is 1. The van der Waals surface area contributed by atoms with Gasteiger partial charge in [0, 0.05) is 6.04 Å². The lowest BCUT2D eigenvalue weighted by molar-refractivity contribution is -0.123. The highest BCUT2D eigenvalue weighted by molar-refractivity contribution is 7.91. The molecule has 3 N–H and O–H groups in total. The summed E-state index contributed by atoms with van der Waals surface area (Å²) in [6.45, 7) is 3.73. The maximum absolute atomic E-state index is 11.6. The Labute approximate surface area is 96.7 Å². The third-order valence-corrected chi connectivity index (χ3v) is 4.65. The number of amides is 1. The van der Waals surface area contributed by atoms with Crippen LogP contribution >= 0.6 is 0 Å². The molecule has 0 aromatic rings. The molecule has 0 aromatic heterocycles. The van der Waals surface area contributed by atoms with Crippen molar-refractivity contribution >= 4 is 15.7 Å². The number of sulfone groups is 1. The predicted octanol–water partition coefficient (Wildman–Crippen LogP) is -0.337. The van der Waals surface area contributed by atoms with Gasteiger partial charge in [0.1, 0.15) is 0 Å². The molecule has 1 saturated heterocycles. The second-order valence-electron chi connectivity index (χ2n) is 4.73. The monoisotopic (exact) mass is 248 g/mol. The zero-order valence-corrected chi connectivity index (χ0v) is 10.6. The van der Waals surface area contributed by atoms with Gasteiger partial charge in [-0.15, -0.1) is 0 Å². The average Bonchev–Trinajstić information content (AvgIpc) is 2.14. The largest absolute Gasteiger partial charge is 0.351 e. The van der Waals surface area contributed by atoms with Crippen LogP contribution in [0.3, 0.4) is 0 Å². The van der Waals surface area contributed by atoms with E-state index in [0.29, 0.717) is 6.42 Å². The van der Waals surface area contributed by atoms with Gasteiger partial charge >= 0.3 is 0 Å². The summed E-state index contributed by atoms with van der Waals surface area (Å²) >= 11 is 0. The van der Waals surface area contributed by atoms with Gasteiger partial charge in [-0.3, -0.25) is 4.79 Å². The maximum atomic E-state index is 11.6. The molecule has 0 radical (unpaired) electrons. The summed E-state index contributed by atoms with van der Waals surface area (Å²) in [6, 6.07) is -0.833. The maximum Gasteiger partial charge on any atom is 0.237 e. The van der Waals surface area contributed by atoms with Crippen LogP contribution in [0.5, 0.6) is 0 Å². The Kier molecular flexibility index (Phi) is 4.32. The van der Waals surface area contributed by atoms with Crippen molar-refractivity contribution in [1.82, 2.24) is 5.32 Å². The summed E-state index contributed by atoms with van der Waals surface area (Å²) in [6.07, 6.45) is 1.33. The van der Waals surface area contributed by atoms with Crippen molar-refractivity contribution in [2.75, 3.05) is 11.5 Å². The molecule has 1 heterocycles. The third-order valence-electron chi connectivity index (χ3n) is 2.83. The highest BCUT2D eigenvalue weighted by Gasteiger charge is 2.27. The summed E-state index contributed by atoms with van der Waals surface area (Å²) < 4.78 is 22.7. The van der Waals surface area contributed by atoms with Crippen molar-refractivity contribution < 1.29 is 13.2 Å². The van der Waals surface area contributed by atoms with Gasteiger partial charge < -0.3 is 11.1 Å². The van der Waals surface area contributed by atoms with E-state index < -0.39 is 15.9 Å². The topological polar surface area (TPSA) is 89.3 Å². The first-order valence-corrected chi connectivity index (χ1v) is 7.40. The van der Waals surface area contributed by atoms with Crippen LogP contribution in [0.25, 0.3) is 0 Å². The molecule has 6 heteroatoms. The van der Waals surface area contributed by atoms with Crippen LogP contribution in [0.4, 0.5) is 0 Å². The van der Waals surface area contributed by atoms with Crippen LogP contribution in [-0.2, 0) is 14.6 Å². The number of nitrogens with two attached hydrogens (primary N) is 1. The summed E-state index contributed by atoms with van der Waals surface area (Å²) in [7, 11) is -2.98. The lowest BCUT2D eigenvalue weighted by atomic mass is 10.0. The van der Waals surface area contributed by atoms with Crippen molar-refractivity contribution in [2.45, 2.75) is 38.8 Å². The molecular weight excluding hydrogens is 228 g/mol. The van der Waals surface area contributed by atoms with E-state index in [9.17, 15) is 13.2 Å². The minimum atomic E-state index is -2.98. The lowest BCUT2D eigenvalue weighted by Gasteiger charge is -2.25. The molecule has 16 heavy (non-hydrogen) atoms. The van der Waals surface area contributed by atoms with Gasteiger partial charge in [0.15, 0.2) is 9.84 Å². The van der Waals surface area contributed by atoms with E-state index in [2.05, 4.69) is 5.32 Å². The minimum absolute atomic E-state index is 0.0452. The zero-order valence-electron chi connectivity index (χ0n) is 9.77. The smallest absolute Gasteiger partial charge is 0.237 e. The van der Waals surface area contributed by atoms with Gasteiger partial charge in [-0.05, 0) is 18.8 Å². The van der Waals surface area contributed by atoms with E-state index in [-0.39, 0.29) is 29.4 Å². The highest BCUT2D eigenvalue weighted by atomic mass is 32.2. The minimum Gasteiger partial charge on any atom is -0.351 e. The van der Waals surface area contributed by atoms with Gasteiger partial charge in [0.2, 0.25) is 5.91 Å². The number of rotatable bonds is 3. The predicted molar refractivity (Wildman–Crippen MR) is 62.6 cm³/mol. The van der Waals surface area contributed by atoms with Gasteiger partial charge in [0.25, 0.3) is 0 Å². The zero-order chi connectivity index (χ0) is 12.3. The molecule has 0 saturated carbocycles. The van der Waals surface area contributed by atoms with Crippen molar-refractivity contribution in [3.05, 3.63) is 0 Å². The molecule has 0 aliphatic carbocycles. The molecule has 1 aliphatic rings. The molecule has 0 aromatic carbocycles. The molecule has 94 valence electrons. The molecule has 1 amide bonds. The van der Waals surface area contributed by atoms with E-state index in [1.54, 1.807) is 0 Å². The summed E-state index contributed by atoms with van der Waals surface area (Å²) in [4.78, 5) is 11.6. The Morgan fingerprint density at radius 1 is 1.44 bits per heavy atom. The molecule has 0 bridgehead atoms. The number of nitrogens with one attached hydrogen (secondary N) is 1. The molecule has 1 aliphatic heterocycles. The average molecular weight is 248 g/mol. The normalized spacial score (nSPS) is 26.4. The van der Waals surface area contributed by atoms with E-state index >= 15 is 0 Å². The van der Waals surface area contributed by atoms with Gasteiger partial charge in [-0.25, -0.2) is 8.42 Å². The third kappa shape index (κ3) is 3.75. The fourth-order valence-corrected chi connectivity index (χ4v) is 3.37. The molecular formula is C10H20N2O3S. The van der Waals surface area contributed by atoms with Crippen LogP contribution in [0.15, 0.2) is 0 Å². The Bertz CT molecular complexity index is 351. The first-order valence-electron chi connectivity index (χ1n) is 5.58. The van der Waals surface area contributed by atoms with Crippen molar-refractivity contribution in [2.24, 2.45) is 11.7 Å². The second kappa shape index (κ2) is 5.14. The fraction of sp³-hybridized carbons (Fsp3) is 0.900. The lowest BCUT2D eigenvalue weighted by Crippen LogP contribution is -2.51. The molecule has 1 rings (SSSR count). The van der Waals surface area contributed by atoms with Gasteiger partial charge in [0.05, 0.1) is 17.5 Å². The van der Waals surface area contributed by atoms with Gasteiger partial charge in [-0.1, -0.05) is 13.8 Å². The molecule has 2 atom stereocenters. The van der Waals surface area contributed by atoms with E-state index in [4.69, 9.17) is 5.73 Å². The van der Waals surface area contributed by atoms with E-state index in [1.165, 1.54) is 0 Å². The summed E-state index contributed by atoms with van der Waals surface area (Å²) in [5.74, 6) is 0.0800. The Hall–Kier alpha value is -0.620. The summed E-state index contributed by atoms with van der Waals surface area (Å²) in [5, 5.41) is 2.71. The van der Waals surface area contributed by atoms with Crippen LogP contribution in [0, 0.1) is 5.92 Å². The van der Waals surface area contributed by atoms with E-state index in [0.717, 1.165) is 6.42 Å². The molecule has 1 fully saturated rings. The molecule has 5 nitrogen and oxygen atoms in total. The Morgan fingerprint density at radius 2 is 2.06 bits per heavy atom. The molecule has 2 unspecified atom stereocenters.